The Balaban J connectivity index is 1.55. The Labute approximate surface area is 196 Å². The molecule has 3 aromatic carbocycles. The van der Waals surface area contributed by atoms with Crippen molar-refractivity contribution >= 4 is 45.5 Å². The molecule has 4 rings (SSSR count). The minimum Gasteiger partial charge on any atom is -0.330 e. The van der Waals surface area contributed by atoms with E-state index in [4.69, 9.17) is 0 Å². The SMILES string of the molecule is Cc1ccc(C)c(NC(=O)[C@@H](Sc2nnc(Nc3ccccc3C)s2)c2ccccc2)c1. The first-order valence-electron chi connectivity index (χ1n) is 10.3. The molecule has 0 aliphatic carbocycles. The number of para-hydroxylation sites is 1. The predicted octanol–water partition coefficient (Wildman–Crippen LogP) is 6.68. The molecule has 32 heavy (non-hydrogen) atoms. The molecule has 2 N–H and O–H groups in total. The Morgan fingerprint density at radius 3 is 2.38 bits per heavy atom. The number of nitrogens with zero attached hydrogens (tertiary/aromatic N) is 2. The summed E-state index contributed by atoms with van der Waals surface area (Å²) in [5.41, 5.74) is 6.01. The summed E-state index contributed by atoms with van der Waals surface area (Å²) in [5.74, 6) is -0.0847. The first-order chi connectivity index (χ1) is 15.5. The molecule has 0 radical (unpaired) electrons. The summed E-state index contributed by atoms with van der Waals surface area (Å²) in [6.45, 7) is 6.05. The number of thioether (sulfide) groups is 1. The molecule has 1 amide bonds. The topological polar surface area (TPSA) is 66.9 Å². The summed E-state index contributed by atoms with van der Waals surface area (Å²) in [6, 6.07) is 23.9. The number of carbonyl (C=O) groups is 1. The van der Waals surface area contributed by atoms with E-state index in [0.717, 1.165) is 38.0 Å². The van der Waals surface area contributed by atoms with Crippen LogP contribution in [0.4, 0.5) is 16.5 Å². The number of rotatable bonds is 7. The number of hydrogen-bond donors (Lipinski definition) is 2. The summed E-state index contributed by atoms with van der Waals surface area (Å²) in [7, 11) is 0. The van der Waals surface area contributed by atoms with E-state index in [1.165, 1.54) is 23.1 Å². The van der Waals surface area contributed by atoms with E-state index in [9.17, 15) is 4.79 Å². The largest absolute Gasteiger partial charge is 0.330 e. The van der Waals surface area contributed by atoms with E-state index in [0.29, 0.717) is 5.13 Å². The maximum absolute atomic E-state index is 13.3. The summed E-state index contributed by atoms with van der Waals surface area (Å²) in [5, 5.41) is 15.3. The molecule has 0 spiro atoms. The number of amides is 1. The quantitative estimate of drug-likeness (QED) is 0.301. The van der Waals surface area contributed by atoms with Crippen LogP contribution in [0, 0.1) is 20.8 Å². The van der Waals surface area contributed by atoms with E-state index < -0.39 is 5.25 Å². The predicted molar refractivity (Wildman–Crippen MR) is 134 cm³/mol. The second-order valence-electron chi connectivity index (χ2n) is 7.53. The number of aromatic nitrogens is 2. The van der Waals surface area contributed by atoms with Gasteiger partial charge >= 0.3 is 0 Å². The second kappa shape index (κ2) is 9.97. The van der Waals surface area contributed by atoms with Crippen molar-refractivity contribution in [2.75, 3.05) is 10.6 Å². The molecule has 0 aliphatic rings. The molecule has 162 valence electrons. The number of nitrogens with one attached hydrogen (secondary N) is 2. The number of anilines is 3. The van der Waals surface area contributed by atoms with E-state index in [-0.39, 0.29) is 5.91 Å². The van der Waals surface area contributed by atoms with Crippen molar-refractivity contribution in [3.05, 3.63) is 95.1 Å². The van der Waals surface area contributed by atoms with Gasteiger partial charge < -0.3 is 10.6 Å². The van der Waals surface area contributed by atoms with Crippen molar-refractivity contribution in [2.45, 2.75) is 30.4 Å². The van der Waals surface area contributed by atoms with Crippen LogP contribution >= 0.6 is 23.1 Å². The van der Waals surface area contributed by atoms with Gasteiger partial charge in [-0.05, 0) is 55.2 Å². The molecule has 1 aromatic heterocycles. The van der Waals surface area contributed by atoms with Crippen LogP contribution in [-0.4, -0.2) is 16.1 Å². The average molecular weight is 461 g/mol. The molecule has 0 aliphatic heterocycles. The minimum absolute atomic E-state index is 0.0847. The summed E-state index contributed by atoms with van der Waals surface area (Å²) in [6.07, 6.45) is 0. The molecular weight excluding hydrogens is 436 g/mol. The van der Waals surface area contributed by atoms with Crippen LogP contribution in [-0.2, 0) is 4.79 Å². The molecule has 0 bridgehead atoms. The van der Waals surface area contributed by atoms with Gasteiger partial charge in [-0.2, -0.15) is 0 Å². The molecular formula is C25H24N4OS2. The van der Waals surface area contributed by atoms with Crippen molar-refractivity contribution in [3.63, 3.8) is 0 Å². The minimum atomic E-state index is -0.449. The summed E-state index contributed by atoms with van der Waals surface area (Å²) < 4.78 is 0.728. The summed E-state index contributed by atoms with van der Waals surface area (Å²) >= 11 is 2.85. The zero-order valence-electron chi connectivity index (χ0n) is 18.1. The molecule has 5 nitrogen and oxygen atoms in total. The Kier molecular flexibility index (Phi) is 6.87. The molecule has 0 fully saturated rings. The van der Waals surface area contributed by atoms with Gasteiger partial charge in [0.25, 0.3) is 0 Å². The first kappa shape index (κ1) is 22.0. The van der Waals surface area contributed by atoms with Crippen molar-refractivity contribution in [1.82, 2.24) is 10.2 Å². The first-order valence-corrected chi connectivity index (χ1v) is 11.9. The molecule has 7 heteroatoms. The number of carbonyl (C=O) groups excluding carboxylic acids is 1. The van der Waals surface area contributed by atoms with Gasteiger partial charge in [0.15, 0.2) is 4.34 Å². The molecule has 4 aromatic rings. The average Bonchev–Trinajstić information content (AvgIpc) is 3.24. The van der Waals surface area contributed by atoms with Crippen molar-refractivity contribution in [3.8, 4) is 0 Å². The van der Waals surface area contributed by atoms with E-state index in [2.05, 4.69) is 20.8 Å². The summed E-state index contributed by atoms with van der Waals surface area (Å²) in [4.78, 5) is 13.3. The number of benzene rings is 3. The van der Waals surface area contributed by atoms with E-state index in [1.54, 1.807) is 0 Å². The zero-order valence-corrected chi connectivity index (χ0v) is 19.8. The standard InChI is InChI=1S/C25H24N4OS2/c1-16-13-14-18(3)21(15-16)26-23(30)22(19-10-5-4-6-11-19)31-25-29-28-24(32-25)27-20-12-8-7-9-17(20)2/h4-15,22H,1-3H3,(H,26,30)(H,27,28)/t22-/m0/s1. The van der Waals surface area contributed by atoms with Crippen molar-refractivity contribution < 1.29 is 4.79 Å². The van der Waals surface area contributed by atoms with Crippen molar-refractivity contribution in [2.24, 2.45) is 0 Å². The molecule has 0 saturated carbocycles. The fraction of sp³-hybridized carbons (Fsp3) is 0.160. The van der Waals surface area contributed by atoms with Gasteiger partial charge in [-0.25, -0.2) is 0 Å². The third kappa shape index (κ3) is 5.36. The maximum Gasteiger partial charge on any atom is 0.242 e. The van der Waals surface area contributed by atoms with E-state index >= 15 is 0 Å². The second-order valence-corrected chi connectivity index (χ2v) is 9.86. The highest BCUT2D eigenvalue weighted by Gasteiger charge is 2.24. The molecule has 1 heterocycles. The lowest BCUT2D eigenvalue weighted by Gasteiger charge is -2.17. The molecule has 0 unspecified atom stereocenters. The maximum atomic E-state index is 13.3. The lowest BCUT2D eigenvalue weighted by atomic mass is 10.1. The molecule has 1 atom stereocenters. The lowest BCUT2D eigenvalue weighted by molar-refractivity contribution is -0.115. The Bertz CT molecular complexity index is 1220. The highest BCUT2D eigenvalue weighted by Crippen LogP contribution is 2.39. The van der Waals surface area contributed by atoms with Gasteiger partial charge in [0.05, 0.1) is 0 Å². The highest BCUT2D eigenvalue weighted by atomic mass is 32.2. The lowest BCUT2D eigenvalue weighted by Crippen LogP contribution is -2.19. The normalized spacial score (nSPS) is 11.7. The van der Waals surface area contributed by atoms with Gasteiger partial charge in [0.2, 0.25) is 11.0 Å². The van der Waals surface area contributed by atoms with Crippen LogP contribution in [0.25, 0.3) is 0 Å². The van der Waals surface area contributed by atoms with Crippen molar-refractivity contribution in [1.29, 1.82) is 0 Å². The van der Waals surface area contributed by atoms with Crippen LogP contribution in [0.2, 0.25) is 0 Å². The van der Waals surface area contributed by atoms with Crippen LogP contribution in [0.3, 0.4) is 0 Å². The third-order valence-electron chi connectivity index (χ3n) is 5.00. The fourth-order valence-electron chi connectivity index (χ4n) is 3.21. The highest BCUT2D eigenvalue weighted by molar-refractivity contribution is 8.02. The Morgan fingerprint density at radius 1 is 0.875 bits per heavy atom. The Morgan fingerprint density at radius 2 is 1.59 bits per heavy atom. The van der Waals surface area contributed by atoms with Crippen LogP contribution in [0.1, 0.15) is 27.5 Å². The number of aryl methyl sites for hydroxylation is 3. The smallest absolute Gasteiger partial charge is 0.242 e. The molecule has 0 saturated heterocycles. The van der Waals surface area contributed by atoms with Gasteiger partial charge in [0, 0.05) is 11.4 Å². The van der Waals surface area contributed by atoms with Crippen LogP contribution in [0.5, 0.6) is 0 Å². The van der Waals surface area contributed by atoms with Crippen LogP contribution in [0.15, 0.2) is 77.1 Å². The fourth-order valence-corrected chi connectivity index (χ4v) is 5.16. The van der Waals surface area contributed by atoms with Gasteiger partial charge in [-0.15, -0.1) is 10.2 Å². The third-order valence-corrected chi connectivity index (χ3v) is 7.18. The number of hydrogen-bond acceptors (Lipinski definition) is 6. The van der Waals surface area contributed by atoms with E-state index in [1.807, 2.05) is 93.6 Å². The monoisotopic (exact) mass is 460 g/mol. The van der Waals surface area contributed by atoms with Gasteiger partial charge in [-0.3, -0.25) is 4.79 Å². The van der Waals surface area contributed by atoms with Crippen LogP contribution < -0.4 is 10.6 Å². The Hall–Kier alpha value is -3.16. The zero-order chi connectivity index (χ0) is 22.5. The van der Waals surface area contributed by atoms with Gasteiger partial charge in [-0.1, -0.05) is 83.8 Å². The van der Waals surface area contributed by atoms with Gasteiger partial charge in [0.1, 0.15) is 5.25 Å².